The highest BCUT2D eigenvalue weighted by atomic mass is 16.5. The predicted octanol–water partition coefficient (Wildman–Crippen LogP) is 1.98. The smallest absolute Gasteiger partial charge is 0.335 e. The predicted molar refractivity (Wildman–Crippen MR) is 72.4 cm³/mol. The first-order chi connectivity index (χ1) is 9.61. The molecule has 0 radical (unpaired) electrons. The van der Waals surface area contributed by atoms with Crippen molar-refractivity contribution < 1.29 is 19.4 Å². The van der Waals surface area contributed by atoms with Gasteiger partial charge in [-0.3, -0.25) is 0 Å². The van der Waals surface area contributed by atoms with Gasteiger partial charge in [0.1, 0.15) is 12.4 Å². The highest BCUT2D eigenvalue weighted by Gasteiger charge is 2.10. The van der Waals surface area contributed by atoms with E-state index in [0.29, 0.717) is 24.7 Å². The van der Waals surface area contributed by atoms with Crippen molar-refractivity contribution in [1.29, 1.82) is 0 Å². The monoisotopic (exact) mass is 276 g/mol. The number of methoxy groups -OCH3 is 1. The van der Waals surface area contributed by atoms with E-state index in [4.69, 9.17) is 14.6 Å². The molecule has 0 aliphatic heterocycles. The summed E-state index contributed by atoms with van der Waals surface area (Å²) in [7, 11) is 1.52. The zero-order valence-electron chi connectivity index (χ0n) is 11.4. The molecule has 0 unspecified atom stereocenters. The van der Waals surface area contributed by atoms with Gasteiger partial charge in [0.15, 0.2) is 11.5 Å². The molecule has 0 saturated carbocycles. The van der Waals surface area contributed by atoms with E-state index >= 15 is 0 Å². The van der Waals surface area contributed by atoms with Crippen LogP contribution in [0.5, 0.6) is 11.5 Å². The number of benzene rings is 1. The van der Waals surface area contributed by atoms with E-state index in [1.54, 1.807) is 12.3 Å². The lowest BCUT2D eigenvalue weighted by Gasteiger charge is -2.12. The van der Waals surface area contributed by atoms with Gasteiger partial charge in [-0.25, -0.2) is 9.78 Å². The minimum absolute atomic E-state index is 0.166. The Hall–Kier alpha value is -2.50. The zero-order valence-corrected chi connectivity index (χ0v) is 11.4. The molecule has 0 fully saturated rings. The van der Waals surface area contributed by atoms with Crippen LogP contribution in [0.15, 0.2) is 30.6 Å². The van der Waals surface area contributed by atoms with Gasteiger partial charge in [0.2, 0.25) is 0 Å². The van der Waals surface area contributed by atoms with Crippen LogP contribution in [-0.2, 0) is 6.54 Å². The quantitative estimate of drug-likeness (QED) is 0.873. The molecular weight excluding hydrogens is 260 g/mol. The maximum atomic E-state index is 10.9. The van der Waals surface area contributed by atoms with E-state index in [1.807, 2.05) is 17.7 Å². The van der Waals surface area contributed by atoms with Gasteiger partial charge in [-0.15, -0.1) is 0 Å². The number of nitrogens with zero attached hydrogens (tertiary/aromatic N) is 2. The van der Waals surface area contributed by atoms with E-state index in [2.05, 4.69) is 4.98 Å². The van der Waals surface area contributed by atoms with Gasteiger partial charge in [-0.05, 0) is 25.1 Å². The van der Waals surface area contributed by atoms with Crippen LogP contribution in [0.2, 0.25) is 0 Å². The molecule has 1 aromatic heterocycles. The number of hydrogen-bond donors (Lipinski definition) is 1. The summed E-state index contributed by atoms with van der Waals surface area (Å²) in [5.74, 6) is 0.838. The molecule has 0 aliphatic carbocycles. The van der Waals surface area contributed by atoms with Crippen molar-refractivity contribution in [3.8, 4) is 11.5 Å². The van der Waals surface area contributed by atoms with Crippen LogP contribution in [0.1, 0.15) is 16.2 Å². The molecule has 1 heterocycles. The summed E-state index contributed by atoms with van der Waals surface area (Å²) in [6.45, 7) is 2.94. The number of hydrogen-bond acceptors (Lipinski definition) is 4. The molecule has 2 rings (SSSR count). The summed E-state index contributed by atoms with van der Waals surface area (Å²) < 4.78 is 12.7. The summed E-state index contributed by atoms with van der Waals surface area (Å²) >= 11 is 0. The van der Waals surface area contributed by atoms with Gasteiger partial charge in [0, 0.05) is 12.4 Å². The van der Waals surface area contributed by atoms with Crippen molar-refractivity contribution in [1.82, 2.24) is 9.55 Å². The van der Waals surface area contributed by atoms with Gasteiger partial charge in [-0.2, -0.15) is 0 Å². The lowest BCUT2D eigenvalue weighted by molar-refractivity contribution is 0.0696. The number of carbonyl (C=O) groups is 1. The van der Waals surface area contributed by atoms with Crippen LogP contribution in [0.25, 0.3) is 0 Å². The molecule has 0 amide bonds. The second-order valence-corrected chi connectivity index (χ2v) is 4.19. The lowest BCUT2D eigenvalue weighted by atomic mass is 10.2. The number of carboxylic acid groups (broad SMARTS) is 1. The highest BCUT2D eigenvalue weighted by Crippen LogP contribution is 2.28. The average molecular weight is 276 g/mol. The standard InChI is InChI=1S/C14H16N2O4/c1-10-15-5-6-16(10)7-8-20-13-9-11(14(17)18)3-4-12(13)19-2/h3-6,9H,7-8H2,1-2H3,(H,17,18). The Morgan fingerprint density at radius 2 is 2.20 bits per heavy atom. The Labute approximate surface area is 116 Å². The van der Waals surface area contributed by atoms with E-state index in [1.165, 1.54) is 19.2 Å². The number of aromatic carboxylic acids is 1. The van der Waals surface area contributed by atoms with Crippen LogP contribution in [0.4, 0.5) is 0 Å². The maximum Gasteiger partial charge on any atom is 0.335 e. The Balaban J connectivity index is 2.06. The molecule has 0 atom stereocenters. The van der Waals surface area contributed by atoms with Gasteiger partial charge in [-0.1, -0.05) is 0 Å². The molecule has 6 nitrogen and oxygen atoms in total. The van der Waals surface area contributed by atoms with E-state index in [0.717, 1.165) is 5.82 Å². The largest absolute Gasteiger partial charge is 0.493 e. The summed E-state index contributed by atoms with van der Waals surface area (Å²) in [5.41, 5.74) is 0.166. The van der Waals surface area contributed by atoms with Crippen molar-refractivity contribution in [3.05, 3.63) is 42.0 Å². The minimum Gasteiger partial charge on any atom is -0.493 e. The Morgan fingerprint density at radius 1 is 1.40 bits per heavy atom. The van der Waals surface area contributed by atoms with Crippen molar-refractivity contribution in [3.63, 3.8) is 0 Å². The van der Waals surface area contributed by atoms with Crippen LogP contribution in [0, 0.1) is 6.92 Å². The van der Waals surface area contributed by atoms with Crippen LogP contribution in [0.3, 0.4) is 0 Å². The fraction of sp³-hybridized carbons (Fsp3) is 0.286. The normalized spacial score (nSPS) is 10.3. The molecule has 0 saturated heterocycles. The lowest BCUT2D eigenvalue weighted by Crippen LogP contribution is -2.09. The van der Waals surface area contributed by atoms with Crippen molar-refractivity contribution in [2.75, 3.05) is 13.7 Å². The highest BCUT2D eigenvalue weighted by molar-refractivity contribution is 5.88. The number of rotatable bonds is 6. The third-order valence-corrected chi connectivity index (χ3v) is 2.92. The van der Waals surface area contributed by atoms with Crippen molar-refractivity contribution in [2.45, 2.75) is 13.5 Å². The number of aromatic nitrogens is 2. The van der Waals surface area contributed by atoms with Gasteiger partial charge >= 0.3 is 5.97 Å². The third kappa shape index (κ3) is 3.09. The van der Waals surface area contributed by atoms with Gasteiger partial charge in [0.05, 0.1) is 19.2 Å². The van der Waals surface area contributed by atoms with Gasteiger partial charge in [0.25, 0.3) is 0 Å². The van der Waals surface area contributed by atoms with E-state index in [-0.39, 0.29) is 5.56 Å². The van der Waals surface area contributed by atoms with Crippen LogP contribution < -0.4 is 9.47 Å². The first-order valence-corrected chi connectivity index (χ1v) is 6.13. The average Bonchev–Trinajstić information content (AvgIpc) is 2.84. The fourth-order valence-electron chi connectivity index (χ4n) is 1.82. The number of imidazole rings is 1. The van der Waals surface area contributed by atoms with Crippen LogP contribution in [-0.4, -0.2) is 34.3 Å². The van der Waals surface area contributed by atoms with Crippen molar-refractivity contribution >= 4 is 5.97 Å². The molecule has 0 aliphatic rings. The maximum absolute atomic E-state index is 10.9. The first kappa shape index (κ1) is 13.9. The van der Waals surface area contributed by atoms with E-state index in [9.17, 15) is 4.79 Å². The Morgan fingerprint density at radius 3 is 2.80 bits per heavy atom. The fourth-order valence-corrected chi connectivity index (χ4v) is 1.82. The second kappa shape index (κ2) is 6.10. The molecule has 0 spiro atoms. The summed E-state index contributed by atoms with van der Waals surface area (Å²) in [4.78, 5) is 15.1. The second-order valence-electron chi connectivity index (χ2n) is 4.19. The molecule has 2 aromatic rings. The molecule has 0 bridgehead atoms. The molecule has 6 heteroatoms. The Bertz CT molecular complexity index is 607. The SMILES string of the molecule is COc1ccc(C(=O)O)cc1OCCn1ccnc1C. The molecule has 106 valence electrons. The molecular formula is C14H16N2O4. The third-order valence-electron chi connectivity index (χ3n) is 2.92. The Kier molecular flexibility index (Phi) is 4.24. The molecule has 1 aromatic carbocycles. The first-order valence-electron chi connectivity index (χ1n) is 6.13. The van der Waals surface area contributed by atoms with Crippen molar-refractivity contribution in [2.24, 2.45) is 0 Å². The summed E-state index contributed by atoms with van der Waals surface area (Å²) in [6.07, 6.45) is 3.59. The topological polar surface area (TPSA) is 73.6 Å². The van der Waals surface area contributed by atoms with Gasteiger partial charge < -0.3 is 19.1 Å². The number of ether oxygens (including phenoxy) is 2. The van der Waals surface area contributed by atoms with Crippen LogP contribution >= 0.6 is 0 Å². The summed E-state index contributed by atoms with van der Waals surface area (Å²) in [6, 6.07) is 4.53. The summed E-state index contributed by atoms with van der Waals surface area (Å²) in [5, 5.41) is 8.98. The minimum atomic E-state index is -0.997. The van der Waals surface area contributed by atoms with E-state index < -0.39 is 5.97 Å². The number of aryl methyl sites for hydroxylation is 1. The molecule has 20 heavy (non-hydrogen) atoms. The number of carboxylic acids is 1. The zero-order chi connectivity index (χ0) is 14.5. The molecule has 1 N–H and O–H groups in total.